The summed E-state index contributed by atoms with van der Waals surface area (Å²) in [6, 6.07) is 6.98. The highest BCUT2D eigenvalue weighted by Gasteiger charge is 2.25. The Morgan fingerprint density at radius 2 is 1.83 bits per heavy atom. The second-order valence-electron chi connectivity index (χ2n) is 4.60. The average Bonchev–Trinajstić information content (AvgIpc) is 2.31. The summed E-state index contributed by atoms with van der Waals surface area (Å²) in [5.74, 6) is 0. The lowest BCUT2D eigenvalue weighted by Gasteiger charge is -2.35. The van der Waals surface area contributed by atoms with Gasteiger partial charge in [0.25, 0.3) is 0 Å². The number of anilines is 1. The molecule has 0 saturated carbocycles. The molecule has 18 heavy (non-hydrogen) atoms. The Labute approximate surface area is 112 Å². The number of rotatable bonds is 1. The quantitative estimate of drug-likeness (QED) is 0.851. The third-order valence-electron chi connectivity index (χ3n) is 2.80. The van der Waals surface area contributed by atoms with E-state index in [2.05, 4.69) is 5.32 Å². The van der Waals surface area contributed by atoms with Crippen LogP contribution in [0.1, 0.15) is 13.8 Å². The van der Waals surface area contributed by atoms with Crippen molar-refractivity contribution in [1.29, 1.82) is 0 Å². The van der Waals surface area contributed by atoms with E-state index < -0.39 is 0 Å². The number of hydrogen-bond donors (Lipinski definition) is 1. The van der Waals surface area contributed by atoms with E-state index in [1.54, 1.807) is 29.2 Å². The molecule has 1 fully saturated rings. The number of halogens is 1. The standard InChI is InChI=1S/C13H17ClN2O2/c1-9-7-16(8-10(2)18-9)13(17)15-12-5-3-11(14)4-6-12/h3-6,9-10H,7-8H2,1-2H3,(H,15,17). The predicted octanol–water partition coefficient (Wildman–Crippen LogP) is 2.98. The van der Waals surface area contributed by atoms with Gasteiger partial charge in [0.05, 0.1) is 12.2 Å². The number of morpholine rings is 1. The van der Waals surface area contributed by atoms with Crippen LogP contribution in [0.4, 0.5) is 10.5 Å². The number of nitrogens with zero attached hydrogens (tertiary/aromatic N) is 1. The van der Waals surface area contributed by atoms with Crippen molar-refractivity contribution >= 4 is 23.3 Å². The van der Waals surface area contributed by atoms with E-state index in [-0.39, 0.29) is 18.2 Å². The van der Waals surface area contributed by atoms with Crippen molar-refractivity contribution in [3.63, 3.8) is 0 Å². The van der Waals surface area contributed by atoms with Crippen LogP contribution in [0, 0.1) is 0 Å². The second kappa shape index (κ2) is 5.59. The number of benzene rings is 1. The summed E-state index contributed by atoms with van der Waals surface area (Å²) < 4.78 is 5.59. The van der Waals surface area contributed by atoms with E-state index in [0.717, 1.165) is 5.69 Å². The number of hydrogen-bond acceptors (Lipinski definition) is 2. The molecule has 2 rings (SSSR count). The Hall–Kier alpha value is -1.26. The fraction of sp³-hybridized carbons (Fsp3) is 0.462. The second-order valence-corrected chi connectivity index (χ2v) is 5.04. The highest BCUT2D eigenvalue weighted by atomic mass is 35.5. The van der Waals surface area contributed by atoms with Gasteiger partial charge in [-0.15, -0.1) is 0 Å². The van der Waals surface area contributed by atoms with Crippen molar-refractivity contribution in [2.75, 3.05) is 18.4 Å². The Bertz CT molecular complexity index is 412. The van der Waals surface area contributed by atoms with E-state index in [9.17, 15) is 4.79 Å². The van der Waals surface area contributed by atoms with Gasteiger partial charge in [-0.25, -0.2) is 4.79 Å². The maximum atomic E-state index is 12.1. The summed E-state index contributed by atoms with van der Waals surface area (Å²) in [4.78, 5) is 13.8. The zero-order valence-corrected chi connectivity index (χ0v) is 11.3. The molecular formula is C13H17ClN2O2. The molecular weight excluding hydrogens is 252 g/mol. The van der Waals surface area contributed by atoms with Crippen molar-refractivity contribution in [3.05, 3.63) is 29.3 Å². The van der Waals surface area contributed by atoms with Gasteiger partial charge in [-0.05, 0) is 38.1 Å². The molecule has 2 amide bonds. The maximum absolute atomic E-state index is 12.1. The van der Waals surface area contributed by atoms with Gasteiger partial charge in [-0.2, -0.15) is 0 Å². The first-order valence-electron chi connectivity index (χ1n) is 6.01. The summed E-state index contributed by atoms with van der Waals surface area (Å²) >= 11 is 5.80. The van der Waals surface area contributed by atoms with Crippen molar-refractivity contribution in [2.24, 2.45) is 0 Å². The molecule has 2 unspecified atom stereocenters. The molecule has 1 aliphatic rings. The Balaban J connectivity index is 1.97. The molecule has 0 bridgehead atoms. The first kappa shape index (κ1) is 13.2. The summed E-state index contributed by atoms with van der Waals surface area (Å²) in [6.07, 6.45) is 0.148. The minimum atomic E-state index is -0.0978. The third-order valence-corrected chi connectivity index (χ3v) is 3.05. The van der Waals surface area contributed by atoms with Gasteiger partial charge in [0.2, 0.25) is 0 Å². The summed E-state index contributed by atoms with van der Waals surface area (Å²) in [5.41, 5.74) is 0.746. The van der Waals surface area contributed by atoms with Gasteiger partial charge in [-0.3, -0.25) is 0 Å². The van der Waals surface area contributed by atoms with E-state index >= 15 is 0 Å². The molecule has 98 valence electrons. The fourth-order valence-corrected chi connectivity index (χ4v) is 2.21. The first-order valence-corrected chi connectivity index (χ1v) is 6.39. The van der Waals surface area contributed by atoms with Crippen LogP contribution in [0.15, 0.2) is 24.3 Å². The number of amides is 2. The SMILES string of the molecule is CC1CN(C(=O)Nc2ccc(Cl)cc2)CC(C)O1. The minimum Gasteiger partial charge on any atom is -0.372 e. The lowest BCUT2D eigenvalue weighted by molar-refractivity contribution is -0.0530. The molecule has 0 spiro atoms. The van der Waals surface area contributed by atoms with Crippen LogP contribution in [0.2, 0.25) is 5.02 Å². The van der Waals surface area contributed by atoms with Crippen LogP contribution in [-0.2, 0) is 4.74 Å². The summed E-state index contributed by atoms with van der Waals surface area (Å²) in [7, 11) is 0. The smallest absolute Gasteiger partial charge is 0.322 e. The molecule has 1 heterocycles. The van der Waals surface area contributed by atoms with Gasteiger partial charge in [0.15, 0.2) is 0 Å². The van der Waals surface area contributed by atoms with Crippen molar-refractivity contribution in [2.45, 2.75) is 26.1 Å². The molecule has 2 atom stereocenters. The normalized spacial score (nSPS) is 23.8. The molecule has 0 radical (unpaired) electrons. The van der Waals surface area contributed by atoms with Crippen LogP contribution < -0.4 is 5.32 Å². The van der Waals surface area contributed by atoms with Gasteiger partial charge < -0.3 is 15.0 Å². The number of ether oxygens (including phenoxy) is 1. The molecule has 1 N–H and O–H groups in total. The summed E-state index contributed by atoms with van der Waals surface area (Å²) in [6.45, 7) is 5.17. The Morgan fingerprint density at radius 1 is 1.28 bits per heavy atom. The van der Waals surface area contributed by atoms with E-state index in [1.165, 1.54) is 0 Å². The van der Waals surface area contributed by atoms with Crippen LogP contribution in [0.25, 0.3) is 0 Å². The molecule has 5 heteroatoms. The Kier molecular flexibility index (Phi) is 4.09. The van der Waals surface area contributed by atoms with Crippen LogP contribution in [0.5, 0.6) is 0 Å². The lowest BCUT2D eigenvalue weighted by Crippen LogP contribution is -2.49. The molecule has 0 aromatic heterocycles. The zero-order chi connectivity index (χ0) is 13.1. The van der Waals surface area contributed by atoms with E-state index in [4.69, 9.17) is 16.3 Å². The van der Waals surface area contributed by atoms with Crippen LogP contribution in [0.3, 0.4) is 0 Å². The topological polar surface area (TPSA) is 41.6 Å². The van der Waals surface area contributed by atoms with Gasteiger partial charge >= 0.3 is 6.03 Å². The van der Waals surface area contributed by atoms with E-state index in [0.29, 0.717) is 18.1 Å². The average molecular weight is 269 g/mol. The fourth-order valence-electron chi connectivity index (χ4n) is 2.08. The zero-order valence-electron chi connectivity index (χ0n) is 10.5. The molecule has 4 nitrogen and oxygen atoms in total. The molecule has 1 saturated heterocycles. The van der Waals surface area contributed by atoms with Gasteiger partial charge in [0.1, 0.15) is 0 Å². The van der Waals surface area contributed by atoms with Gasteiger partial charge in [0, 0.05) is 23.8 Å². The highest BCUT2D eigenvalue weighted by Crippen LogP contribution is 2.16. The van der Waals surface area contributed by atoms with Crippen molar-refractivity contribution in [1.82, 2.24) is 4.90 Å². The lowest BCUT2D eigenvalue weighted by atomic mass is 10.2. The number of carbonyl (C=O) groups excluding carboxylic acids is 1. The number of carbonyl (C=O) groups is 1. The largest absolute Gasteiger partial charge is 0.372 e. The minimum absolute atomic E-state index is 0.0738. The highest BCUT2D eigenvalue weighted by molar-refractivity contribution is 6.30. The van der Waals surface area contributed by atoms with Crippen LogP contribution in [-0.4, -0.2) is 36.2 Å². The first-order chi connectivity index (χ1) is 8.54. The third kappa shape index (κ3) is 3.37. The molecule has 1 aromatic rings. The van der Waals surface area contributed by atoms with Gasteiger partial charge in [-0.1, -0.05) is 11.6 Å². The molecule has 1 aliphatic heterocycles. The predicted molar refractivity (Wildman–Crippen MR) is 72.1 cm³/mol. The van der Waals surface area contributed by atoms with Crippen LogP contribution >= 0.6 is 11.6 Å². The van der Waals surface area contributed by atoms with Crippen molar-refractivity contribution in [3.8, 4) is 0 Å². The Morgan fingerprint density at radius 3 is 2.39 bits per heavy atom. The molecule has 0 aliphatic carbocycles. The van der Waals surface area contributed by atoms with Crippen molar-refractivity contribution < 1.29 is 9.53 Å². The maximum Gasteiger partial charge on any atom is 0.322 e. The number of urea groups is 1. The van der Waals surface area contributed by atoms with E-state index in [1.807, 2.05) is 13.8 Å². The molecule has 1 aromatic carbocycles. The summed E-state index contributed by atoms with van der Waals surface area (Å²) in [5, 5.41) is 3.51. The number of nitrogens with one attached hydrogen (secondary N) is 1. The monoisotopic (exact) mass is 268 g/mol.